The molecule has 0 bridgehead atoms. The number of nitro benzene ring substituents is 1. The fourth-order valence-electron chi connectivity index (χ4n) is 3.26. The average Bonchev–Trinajstić information content (AvgIpc) is 3.22. The molecule has 9 heteroatoms. The van der Waals surface area contributed by atoms with E-state index in [1.54, 1.807) is 13.0 Å². The third-order valence-electron chi connectivity index (χ3n) is 4.90. The van der Waals surface area contributed by atoms with Crippen LogP contribution >= 0.6 is 11.8 Å². The summed E-state index contributed by atoms with van der Waals surface area (Å²) in [4.78, 5) is 23.3. The van der Waals surface area contributed by atoms with Crippen LogP contribution in [0.5, 0.6) is 0 Å². The molecular weight excluding hydrogens is 438 g/mol. The van der Waals surface area contributed by atoms with E-state index in [9.17, 15) is 14.9 Å². The maximum absolute atomic E-state index is 12.8. The normalized spacial score (nSPS) is 11.7. The summed E-state index contributed by atoms with van der Waals surface area (Å²) < 4.78 is 1.95. The number of anilines is 1. The Morgan fingerprint density at radius 2 is 1.73 bits per heavy atom. The van der Waals surface area contributed by atoms with Crippen LogP contribution in [0.3, 0.4) is 0 Å². The molecule has 166 valence electrons. The van der Waals surface area contributed by atoms with Crippen molar-refractivity contribution in [3.05, 3.63) is 106 Å². The Morgan fingerprint density at radius 3 is 2.42 bits per heavy atom. The number of nitrogens with one attached hydrogen (secondary N) is 1. The molecule has 0 saturated heterocycles. The predicted molar refractivity (Wildman–Crippen MR) is 128 cm³/mol. The van der Waals surface area contributed by atoms with Gasteiger partial charge in [0, 0.05) is 29.9 Å². The first-order valence-electron chi connectivity index (χ1n) is 10.3. The van der Waals surface area contributed by atoms with Gasteiger partial charge in [0.2, 0.25) is 5.91 Å². The van der Waals surface area contributed by atoms with Gasteiger partial charge in [-0.25, -0.2) is 0 Å². The van der Waals surface area contributed by atoms with Crippen molar-refractivity contribution in [2.45, 2.75) is 23.8 Å². The number of hydrogen-bond donors (Lipinski definition) is 1. The van der Waals surface area contributed by atoms with Crippen LogP contribution < -0.4 is 5.32 Å². The van der Waals surface area contributed by atoms with E-state index < -0.39 is 10.2 Å². The highest BCUT2D eigenvalue weighted by molar-refractivity contribution is 8.00. The van der Waals surface area contributed by atoms with Gasteiger partial charge in [0.1, 0.15) is 5.82 Å². The van der Waals surface area contributed by atoms with Crippen LogP contribution in [0, 0.1) is 10.1 Å². The van der Waals surface area contributed by atoms with Crippen LogP contribution in [-0.2, 0) is 11.2 Å². The average molecular weight is 460 g/mol. The molecule has 1 N–H and O–H groups in total. The zero-order chi connectivity index (χ0) is 23.2. The summed E-state index contributed by atoms with van der Waals surface area (Å²) >= 11 is 1.28. The highest BCUT2D eigenvalue weighted by atomic mass is 32.2. The molecule has 0 aliphatic heterocycles. The fourth-order valence-corrected chi connectivity index (χ4v) is 4.15. The number of para-hydroxylation sites is 1. The molecule has 0 radical (unpaired) electrons. The van der Waals surface area contributed by atoms with E-state index >= 15 is 0 Å². The molecule has 8 nitrogen and oxygen atoms in total. The molecule has 1 atom stereocenters. The smallest absolute Gasteiger partial charge is 0.271 e. The molecule has 0 aliphatic rings. The number of hydrogen-bond acceptors (Lipinski definition) is 6. The quantitative estimate of drug-likeness (QED) is 0.229. The Hall–Kier alpha value is -3.98. The van der Waals surface area contributed by atoms with Gasteiger partial charge in [0.05, 0.1) is 10.2 Å². The monoisotopic (exact) mass is 459 g/mol. The molecule has 1 aromatic heterocycles. The molecule has 33 heavy (non-hydrogen) atoms. The maximum Gasteiger partial charge on any atom is 0.271 e. The van der Waals surface area contributed by atoms with Gasteiger partial charge in [-0.1, -0.05) is 66.4 Å². The van der Waals surface area contributed by atoms with Gasteiger partial charge in [-0.2, -0.15) is 0 Å². The number of thioether (sulfide) groups is 1. The van der Waals surface area contributed by atoms with Gasteiger partial charge in [0.25, 0.3) is 5.69 Å². The van der Waals surface area contributed by atoms with Crippen LogP contribution in [0.15, 0.2) is 90.1 Å². The van der Waals surface area contributed by atoms with Gasteiger partial charge < -0.3 is 5.32 Å². The first-order chi connectivity index (χ1) is 16.0. The summed E-state index contributed by atoms with van der Waals surface area (Å²) in [7, 11) is 0. The van der Waals surface area contributed by atoms with Gasteiger partial charge in [-0.15, -0.1) is 10.2 Å². The van der Waals surface area contributed by atoms with E-state index in [1.165, 1.54) is 30.0 Å². The van der Waals surface area contributed by atoms with Crippen molar-refractivity contribution >= 4 is 29.0 Å². The largest absolute Gasteiger partial charge is 0.325 e. The molecule has 1 amide bonds. The SMILES string of the molecule is CC(Sc1nnc(Cc2ccccc2)n1-c1ccccc1)C(=O)Nc1cccc([N+](=O)[O-])c1. The highest BCUT2D eigenvalue weighted by Crippen LogP contribution is 2.28. The molecule has 1 unspecified atom stereocenters. The molecule has 4 aromatic rings. The molecule has 4 rings (SSSR count). The zero-order valence-electron chi connectivity index (χ0n) is 17.8. The van der Waals surface area contributed by atoms with Gasteiger partial charge >= 0.3 is 0 Å². The Labute approximate surface area is 194 Å². The number of carbonyl (C=O) groups is 1. The molecule has 0 spiro atoms. The number of rotatable bonds is 8. The Morgan fingerprint density at radius 1 is 1.03 bits per heavy atom. The van der Waals surface area contributed by atoms with Crippen LogP contribution in [0.4, 0.5) is 11.4 Å². The van der Waals surface area contributed by atoms with Crippen molar-refractivity contribution in [1.82, 2.24) is 14.8 Å². The van der Waals surface area contributed by atoms with Gasteiger partial charge in [-0.05, 0) is 30.7 Å². The van der Waals surface area contributed by atoms with E-state index in [0.29, 0.717) is 17.3 Å². The molecule has 0 fully saturated rings. The van der Waals surface area contributed by atoms with E-state index in [4.69, 9.17) is 0 Å². The third-order valence-corrected chi connectivity index (χ3v) is 5.94. The lowest BCUT2D eigenvalue weighted by molar-refractivity contribution is -0.384. The number of nitro groups is 1. The number of non-ortho nitro benzene ring substituents is 1. The molecule has 3 aromatic carbocycles. The lowest BCUT2D eigenvalue weighted by atomic mass is 10.1. The fraction of sp³-hybridized carbons (Fsp3) is 0.125. The summed E-state index contributed by atoms with van der Waals surface area (Å²) in [6.45, 7) is 1.76. The van der Waals surface area contributed by atoms with E-state index in [2.05, 4.69) is 15.5 Å². The van der Waals surface area contributed by atoms with E-state index in [1.807, 2.05) is 65.2 Å². The Kier molecular flexibility index (Phi) is 6.80. The number of aromatic nitrogens is 3. The van der Waals surface area contributed by atoms with Crippen molar-refractivity contribution < 1.29 is 9.72 Å². The van der Waals surface area contributed by atoms with Crippen molar-refractivity contribution in [1.29, 1.82) is 0 Å². The standard InChI is InChI=1S/C24H21N5O3S/c1-17(23(30)25-19-11-8-14-21(16-19)29(31)32)33-24-27-26-22(15-18-9-4-2-5-10-18)28(24)20-12-6-3-7-13-20/h2-14,16-17H,15H2,1H3,(H,25,30). The van der Waals surface area contributed by atoms with Crippen molar-refractivity contribution in [3.63, 3.8) is 0 Å². The molecule has 0 aliphatic carbocycles. The van der Waals surface area contributed by atoms with Crippen molar-refractivity contribution in [3.8, 4) is 5.69 Å². The number of amides is 1. The van der Waals surface area contributed by atoms with Crippen LogP contribution in [-0.4, -0.2) is 30.8 Å². The third kappa shape index (κ3) is 5.45. The predicted octanol–water partition coefficient (Wildman–Crippen LogP) is 4.89. The first-order valence-corrected chi connectivity index (χ1v) is 11.1. The summed E-state index contributed by atoms with van der Waals surface area (Å²) in [5.74, 6) is 0.480. The topological polar surface area (TPSA) is 103 Å². The minimum absolute atomic E-state index is 0.0810. The maximum atomic E-state index is 12.8. The molecule has 1 heterocycles. The van der Waals surface area contributed by atoms with Gasteiger partial charge in [0.15, 0.2) is 5.16 Å². The van der Waals surface area contributed by atoms with E-state index in [-0.39, 0.29) is 11.6 Å². The van der Waals surface area contributed by atoms with Crippen LogP contribution in [0.1, 0.15) is 18.3 Å². The number of nitrogens with zero attached hydrogens (tertiary/aromatic N) is 4. The lowest BCUT2D eigenvalue weighted by Gasteiger charge is -2.14. The molecule has 0 saturated carbocycles. The highest BCUT2D eigenvalue weighted by Gasteiger charge is 2.22. The summed E-state index contributed by atoms with van der Waals surface area (Å²) in [5.41, 5.74) is 2.30. The lowest BCUT2D eigenvalue weighted by Crippen LogP contribution is -2.23. The molecular formula is C24H21N5O3S. The second kappa shape index (κ2) is 10.1. The Bertz CT molecular complexity index is 1260. The summed E-state index contributed by atoms with van der Waals surface area (Å²) in [6.07, 6.45) is 0.595. The zero-order valence-corrected chi connectivity index (χ0v) is 18.6. The van der Waals surface area contributed by atoms with Gasteiger partial charge in [-0.3, -0.25) is 19.5 Å². The van der Waals surface area contributed by atoms with Crippen molar-refractivity contribution in [2.75, 3.05) is 5.32 Å². The number of benzene rings is 3. The van der Waals surface area contributed by atoms with Crippen molar-refractivity contribution in [2.24, 2.45) is 0 Å². The summed E-state index contributed by atoms with van der Waals surface area (Å²) in [6, 6.07) is 25.6. The van der Waals surface area contributed by atoms with Crippen LogP contribution in [0.25, 0.3) is 5.69 Å². The summed E-state index contributed by atoms with van der Waals surface area (Å²) in [5, 5.41) is 22.6. The number of carbonyl (C=O) groups excluding carboxylic acids is 1. The van der Waals surface area contributed by atoms with E-state index in [0.717, 1.165) is 17.1 Å². The second-order valence-electron chi connectivity index (χ2n) is 7.29. The minimum Gasteiger partial charge on any atom is -0.325 e. The van der Waals surface area contributed by atoms with Crippen LogP contribution in [0.2, 0.25) is 0 Å². The second-order valence-corrected chi connectivity index (χ2v) is 8.60. The first kappa shape index (κ1) is 22.2. The minimum atomic E-state index is -0.513. The Balaban J connectivity index is 1.56.